The van der Waals surface area contributed by atoms with Crippen molar-refractivity contribution < 1.29 is 27.4 Å². The molecule has 1 aliphatic heterocycles. The van der Waals surface area contributed by atoms with Gasteiger partial charge in [-0.2, -0.15) is 0 Å². The Kier molecular flexibility index (Phi) is 5.64. The normalized spacial score (nSPS) is 16.4. The van der Waals surface area contributed by atoms with Crippen molar-refractivity contribution >= 4 is 27.3 Å². The third kappa shape index (κ3) is 4.14. The molecule has 1 atom stereocenters. The lowest BCUT2D eigenvalue weighted by molar-refractivity contribution is -0.122. The van der Waals surface area contributed by atoms with E-state index in [0.717, 1.165) is 6.26 Å². The molecular formula is C19H22N2O6S. The molecule has 0 aromatic heterocycles. The summed E-state index contributed by atoms with van der Waals surface area (Å²) in [5.74, 6) is 0.985. The zero-order chi connectivity index (χ0) is 20.3. The van der Waals surface area contributed by atoms with Gasteiger partial charge < -0.3 is 19.5 Å². The fourth-order valence-electron chi connectivity index (χ4n) is 2.97. The van der Waals surface area contributed by atoms with Gasteiger partial charge in [-0.3, -0.25) is 9.10 Å². The lowest BCUT2D eigenvalue weighted by Gasteiger charge is -2.20. The van der Waals surface area contributed by atoms with E-state index in [-0.39, 0.29) is 13.0 Å². The maximum Gasteiger partial charge on any atom is 0.265 e. The highest BCUT2D eigenvalue weighted by Crippen LogP contribution is 2.34. The van der Waals surface area contributed by atoms with Crippen LogP contribution in [0.3, 0.4) is 0 Å². The highest BCUT2D eigenvalue weighted by molar-refractivity contribution is 7.92. The first-order valence-corrected chi connectivity index (χ1v) is 10.4. The van der Waals surface area contributed by atoms with E-state index in [2.05, 4.69) is 5.32 Å². The molecule has 1 amide bonds. The van der Waals surface area contributed by atoms with Gasteiger partial charge in [0.2, 0.25) is 10.0 Å². The predicted molar refractivity (Wildman–Crippen MR) is 106 cm³/mol. The van der Waals surface area contributed by atoms with Crippen LogP contribution in [0.1, 0.15) is 6.42 Å². The van der Waals surface area contributed by atoms with Crippen molar-refractivity contribution in [2.45, 2.75) is 12.5 Å². The molecule has 0 saturated carbocycles. The highest BCUT2D eigenvalue weighted by atomic mass is 32.2. The van der Waals surface area contributed by atoms with Gasteiger partial charge in [-0.1, -0.05) is 12.1 Å². The number of sulfonamides is 1. The molecule has 2 aromatic rings. The largest absolute Gasteiger partial charge is 0.497 e. The van der Waals surface area contributed by atoms with E-state index in [1.54, 1.807) is 42.5 Å². The third-order valence-corrected chi connectivity index (χ3v) is 5.54. The molecule has 3 rings (SSSR count). The molecule has 9 heteroatoms. The van der Waals surface area contributed by atoms with Gasteiger partial charge in [-0.15, -0.1) is 0 Å². The number of nitrogens with one attached hydrogen (secondary N) is 1. The van der Waals surface area contributed by atoms with E-state index >= 15 is 0 Å². The first-order valence-electron chi connectivity index (χ1n) is 8.59. The number of hydrogen-bond donors (Lipinski definition) is 1. The molecule has 0 bridgehead atoms. The number of ether oxygens (including phenoxy) is 3. The number of carbonyl (C=O) groups is 1. The minimum absolute atomic E-state index is 0.133. The second kappa shape index (κ2) is 7.97. The second-order valence-electron chi connectivity index (χ2n) is 6.25. The molecule has 0 fully saturated rings. The number of hydrogen-bond acceptors (Lipinski definition) is 6. The second-order valence-corrected chi connectivity index (χ2v) is 8.16. The third-order valence-electron chi connectivity index (χ3n) is 4.36. The van der Waals surface area contributed by atoms with Crippen LogP contribution in [0.5, 0.6) is 17.2 Å². The molecule has 0 radical (unpaired) electrons. The number of benzene rings is 2. The Morgan fingerprint density at radius 3 is 2.61 bits per heavy atom. The van der Waals surface area contributed by atoms with Crippen LogP contribution in [0.4, 0.5) is 11.4 Å². The van der Waals surface area contributed by atoms with Crippen molar-refractivity contribution in [1.29, 1.82) is 0 Å². The van der Waals surface area contributed by atoms with Crippen molar-refractivity contribution in [2.24, 2.45) is 0 Å². The lowest BCUT2D eigenvalue weighted by atomic mass is 10.2. The van der Waals surface area contributed by atoms with Crippen LogP contribution in [0, 0.1) is 0 Å². The maximum atomic E-state index is 12.8. The number of methoxy groups -OCH3 is 2. The number of rotatable bonds is 5. The van der Waals surface area contributed by atoms with Gasteiger partial charge in [-0.05, 0) is 24.3 Å². The Hall–Kier alpha value is -2.94. The molecular weight excluding hydrogens is 384 g/mol. The molecule has 1 unspecified atom stereocenters. The Morgan fingerprint density at radius 2 is 1.93 bits per heavy atom. The summed E-state index contributed by atoms with van der Waals surface area (Å²) in [4.78, 5) is 12.8. The van der Waals surface area contributed by atoms with E-state index in [0.29, 0.717) is 28.6 Å². The summed E-state index contributed by atoms with van der Waals surface area (Å²) in [5, 5.41) is 2.78. The quantitative estimate of drug-likeness (QED) is 0.819. The molecule has 0 aliphatic carbocycles. The fraction of sp³-hybridized carbons (Fsp3) is 0.316. The van der Waals surface area contributed by atoms with Gasteiger partial charge in [0, 0.05) is 19.0 Å². The smallest absolute Gasteiger partial charge is 0.265 e. The zero-order valence-corrected chi connectivity index (χ0v) is 16.7. The minimum Gasteiger partial charge on any atom is -0.497 e. The fourth-order valence-corrected chi connectivity index (χ4v) is 3.92. The summed E-state index contributed by atoms with van der Waals surface area (Å²) < 4.78 is 41.9. The van der Waals surface area contributed by atoms with E-state index in [1.807, 2.05) is 0 Å². The molecule has 1 aliphatic rings. The van der Waals surface area contributed by atoms with Crippen LogP contribution in [0.15, 0.2) is 42.5 Å². The number of anilines is 2. The molecule has 1 N–H and O–H groups in total. The summed E-state index contributed by atoms with van der Waals surface area (Å²) in [6, 6.07) is 11.8. The number of amides is 1. The molecule has 150 valence electrons. The van der Waals surface area contributed by atoms with Crippen LogP contribution < -0.4 is 23.8 Å². The van der Waals surface area contributed by atoms with Crippen LogP contribution >= 0.6 is 0 Å². The van der Waals surface area contributed by atoms with Gasteiger partial charge in [0.15, 0.2) is 6.10 Å². The maximum absolute atomic E-state index is 12.8. The van der Waals surface area contributed by atoms with Crippen molar-refractivity contribution in [3.05, 3.63) is 42.5 Å². The number of nitrogens with zero attached hydrogens (tertiary/aromatic N) is 1. The van der Waals surface area contributed by atoms with Crippen molar-refractivity contribution in [3.8, 4) is 17.2 Å². The van der Waals surface area contributed by atoms with E-state index in [9.17, 15) is 13.2 Å². The van der Waals surface area contributed by atoms with Crippen molar-refractivity contribution in [1.82, 2.24) is 0 Å². The lowest BCUT2D eigenvalue weighted by Crippen LogP contribution is -2.36. The van der Waals surface area contributed by atoms with Crippen LogP contribution in [-0.4, -0.2) is 47.4 Å². The van der Waals surface area contributed by atoms with E-state index < -0.39 is 22.0 Å². The number of fused-ring (bicyclic) bond motifs is 1. The predicted octanol–water partition coefficient (Wildman–Crippen LogP) is 2.26. The van der Waals surface area contributed by atoms with Crippen LogP contribution in [-0.2, 0) is 14.8 Å². The molecule has 0 spiro atoms. The van der Waals surface area contributed by atoms with Crippen molar-refractivity contribution in [3.63, 3.8) is 0 Å². The van der Waals surface area contributed by atoms with Gasteiger partial charge in [0.1, 0.15) is 17.2 Å². The Bertz CT molecular complexity index is 976. The Balaban J connectivity index is 1.85. The molecule has 0 saturated heterocycles. The minimum atomic E-state index is -3.50. The Labute approximate surface area is 164 Å². The summed E-state index contributed by atoms with van der Waals surface area (Å²) in [7, 11) is -0.469. The van der Waals surface area contributed by atoms with E-state index in [1.165, 1.54) is 18.5 Å². The molecule has 1 heterocycles. The van der Waals surface area contributed by atoms with Crippen LogP contribution in [0.25, 0.3) is 0 Å². The number of para-hydroxylation sites is 2. The first kappa shape index (κ1) is 19.8. The van der Waals surface area contributed by atoms with Gasteiger partial charge in [0.25, 0.3) is 5.91 Å². The Morgan fingerprint density at radius 1 is 1.18 bits per heavy atom. The standard InChI is InChI=1S/C19H22N2O6S/c1-25-13-8-9-14(18(12-13)26-2)20-19(22)17-10-11-21(28(3,23)24)15-6-4-5-7-16(15)27-17/h4-9,12,17H,10-11H2,1-3H3,(H,20,22). The highest BCUT2D eigenvalue weighted by Gasteiger charge is 2.31. The molecule has 28 heavy (non-hydrogen) atoms. The SMILES string of the molecule is COc1ccc(NC(=O)C2CCN(S(C)(=O)=O)c3ccccc3O2)c(OC)c1. The zero-order valence-electron chi connectivity index (χ0n) is 15.8. The average molecular weight is 406 g/mol. The van der Waals surface area contributed by atoms with Gasteiger partial charge in [-0.25, -0.2) is 8.42 Å². The van der Waals surface area contributed by atoms with Gasteiger partial charge in [0.05, 0.1) is 31.9 Å². The van der Waals surface area contributed by atoms with Crippen LogP contribution in [0.2, 0.25) is 0 Å². The molecule has 2 aromatic carbocycles. The van der Waals surface area contributed by atoms with Gasteiger partial charge >= 0.3 is 0 Å². The monoisotopic (exact) mass is 406 g/mol. The van der Waals surface area contributed by atoms with Crippen molar-refractivity contribution in [2.75, 3.05) is 36.6 Å². The summed E-state index contributed by atoms with van der Waals surface area (Å²) >= 11 is 0. The van der Waals surface area contributed by atoms with E-state index in [4.69, 9.17) is 14.2 Å². The molecule has 8 nitrogen and oxygen atoms in total. The summed E-state index contributed by atoms with van der Waals surface area (Å²) in [6.07, 6.45) is 0.470. The number of carbonyl (C=O) groups excluding carboxylic acids is 1. The summed E-state index contributed by atoms with van der Waals surface area (Å²) in [5.41, 5.74) is 0.886. The topological polar surface area (TPSA) is 94.2 Å². The first-order chi connectivity index (χ1) is 13.3. The average Bonchev–Trinajstić information content (AvgIpc) is 2.88. The summed E-state index contributed by atoms with van der Waals surface area (Å²) in [6.45, 7) is 0.133.